The molecule has 6 heteroatoms. The predicted octanol–water partition coefficient (Wildman–Crippen LogP) is 6.22. The van der Waals surface area contributed by atoms with Crippen molar-refractivity contribution in [1.29, 1.82) is 0 Å². The molecule has 0 radical (unpaired) electrons. The molecule has 32 heavy (non-hydrogen) atoms. The standard InChI is InChI=1S/C26H26F2N2O2/c1-3-15-32-22-12-9-19(10-13-22)21-16-29-26(30-17-21)23-14-11-20(24(27)25(23)28)8-6-4-5-7-18(2)31/h3,6,8-14,16-18,31H,1,4-5,7,15H2,2H3/b8-6+. The van der Waals surface area contributed by atoms with E-state index in [1.54, 1.807) is 37.5 Å². The quantitative estimate of drug-likeness (QED) is 0.303. The number of hydrogen-bond acceptors (Lipinski definition) is 4. The van der Waals surface area contributed by atoms with Gasteiger partial charge in [0.2, 0.25) is 0 Å². The molecule has 1 heterocycles. The van der Waals surface area contributed by atoms with Gasteiger partial charge in [-0.25, -0.2) is 18.7 Å². The molecule has 0 spiro atoms. The van der Waals surface area contributed by atoms with Crippen molar-refractivity contribution in [2.24, 2.45) is 0 Å². The normalized spacial score (nSPS) is 12.1. The van der Waals surface area contributed by atoms with E-state index in [0.29, 0.717) is 19.4 Å². The number of aliphatic hydroxyl groups is 1. The first-order chi connectivity index (χ1) is 15.5. The van der Waals surface area contributed by atoms with E-state index in [-0.39, 0.29) is 23.1 Å². The lowest BCUT2D eigenvalue weighted by Crippen LogP contribution is -1.98. The number of halogens is 2. The molecule has 0 fully saturated rings. The van der Waals surface area contributed by atoms with E-state index >= 15 is 0 Å². The first kappa shape index (κ1) is 23.3. The molecule has 1 unspecified atom stereocenters. The molecule has 0 amide bonds. The Morgan fingerprint density at radius 2 is 1.75 bits per heavy atom. The number of benzene rings is 2. The number of aliphatic hydroxyl groups excluding tert-OH is 1. The molecule has 1 atom stereocenters. The highest BCUT2D eigenvalue weighted by Crippen LogP contribution is 2.27. The molecule has 0 aliphatic carbocycles. The van der Waals surface area contributed by atoms with Gasteiger partial charge in [-0.1, -0.05) is 43.0 Å². The lowest BCUT2D eigenvalue weighted by molar-refractivity contribution is 0.182. The van der Waals surface area contributed by atoms with E-state index in [1.807, 2.05) is 24.3 Å². The van der Waals surface area contributed by atoms with Gasteiger partial charge in [-0.3, -0.25) is 0 Å². The van der Waals surface area contributed by atoms with Crippen LogP contribution in [0.25, 0.3) is 28.6 Å². The minimum Gasteiger partial charge on any atom is -0.490 e. The monoisotopic (exact) mass is 436 g/mol. The Kier molecular flexibility index (Phi) is 8.22. The number of rotatable bonds is 10. The molecule has 0 saturated heterocycles. The van der Waals surface area contributed by atoms with E-state index < -0.39 is 11.6 Å². The lowest BCUT2D eigenvalue weighted by Gasteiger charge is -2.07. The number of hydrogen-bond donors (Lipinski definition) is 1. The van der Waals surface area contributed by atoms with Crippen LogP contribution in [0.1, 0.15) is 31.7 Å². The topological polar surface area (TPSA) is 55.2 Å². The van der Waals surface area contributed by atoms with Gasteiger partial charge >= 0.3 is 0 Å². The van der Waals surface area contributed by atoms with Crippen LogP contribution in [0.2, 0.25) is 0 Å². The summed E-state index contributed by atoms with van der Waals surface area (Å²) < 4.78 is 34.6. The van der Waals surface area contributed by atoms with Gasteiger partial charge in [0.1, 0.15) is 12.4 Å². The third-order valence-electron chi connectivity index (χ3n) is 4.85. The molecule has 1 aromatic heterocycles. The van der Waals surface area contributed by atoms with Crippen LogP contribution in [0.5, 0.6) is 5.75 Å². The fraction of sp³-hybridized carbons (Fsp3) is 0.231. The molecule has 0 aliphatic rings. The summed E-state index contributed by atoms with van der Waals surface area (Å²) in [6.45, 7) is 5.76. The maximum atomic E-state index is 14.7. The Hall–Kier alpha value is -3.38. The average Bonchev–Trinajstić information content (AvgIpc) is 2.80. The molecular formula is C26H26F2N2O2. The van der Waals surface area contributed by atoms with Crippen molar-refractivity contribution in [2.45, 2.75) is 32.3 Å². The highest BCUT2D eigenvalue weighted by molar-refractivity contribution is 5.65. The fourth-order valence-electron chi connectivity index (χ4n) is 3.12. The predicted molar refractivity (Wildman–Crippen MR) is 123 cm³/mol. The second-order valence-electron chi connectivity index (χ2n) is 7.43. The van der Waals surface area contributed by atoms with Crippen LogP contribution >= 0.6 is 0 Å². The molecular weight excluding hydrogens is 410 g/mol. The smallest absolute Gasteiger partial charge is 0.170 e. The summed E-state index contributed by atoms with van der Waals surface area (Å²) in [6.07, 6.45) is 9.92. The first-order valence-electron chi connectivity index (χ1n) is 10.5. The van der Waals surface area contributed by atoms with Crippen LogP contribution in [-0.4, -0.2) is 27.8 Å². The summed E-state index contributed by atoms with van der Waals surface area (Å²) in [7, 11) is 0. The summed E-state index contributed by atoms with van der Waals surface area (Å²) in [6, 6.07) is 10.4. The molecule has 0 bridgehead atoms. The van der Waals surface area contributed by atoms with Crippen LogP contribution < -0.4 is 4.74 Å². The third-order valence-corrected chi connectivity index (χ3v) is 4.85. The number of allylic oxidation sites excluding steroid dienone is 1. The molecule has 0 aliphatic heterocycles. The van der Waals surface area contributed by atoms with Crippen molar-refractivity contribution in [2.75, 3.05) is 6.61 Å². The van der Waals surface area contributed by atoms with Gasteiger partial charge < -0.3 is 9.84 Å². The second-order valence-corrected chi connectivity index (χ2v) is 7.43. The van der Waals surface area contributed by atoms with Crippen molar-refractivity contribution in [3.8, 4) is 28.3 Å². The second kappa shape index (κ2) is 11.3. The van der Waals surface area contributed by atoms with E-state index in [4.69, 9.17) is 4.74 Å². The third kappa shape index (κ3) is 6.08. The fourth-order valence-corrected chi connectivity index (χ4v) is 3.12. The number of aromatic nitrogens is 2. The van der Waals surface area contributed by atoms with Crippen molar-refractivity contribution in [1.82, 2.24) is 9.97 Å². The molecule has 3 rings (SSSR count). The van der Waals surface area contributed by atoms with E-state index in [9.17, 15) is 13.9 Å². The Morgan fingerprint density at radius 3 is 2.41 bits per heavy atom. The Labute approximate surface area is 186 Å². The summed E-state index contributed by atoms with van der Waals surface area (Å²) in [4.78, 5) is 8.46. The summed E-state index contributed by atoms with van der Waals surface area (Å²) >= 11 is 0. The van der Waals surface area contributed by atoms with Gasteiger partial charge in [0.25, 0.3) is 0 Å². The van der Waals surface area contributed by atoms with Gasteiger partial charge in [0.15, 0.2) is 17.5 Å². The van der Waals surface area contributed by atoms with Gasteiger partial charge in [-0.2, -0.15) is 0 Å². The maximum absolute atomic E-state index is 14.7. The zero-order valence-electron chi connectivity index (χ0n) is 18.0. The highest BCUT2D eigenvalue weighted by atomic mass is 19.2. The summed E-state index contributed by atoms with van der Waals surface area (Å²) in [5.41, 5.74) is 1.80. The minimum atomic E-state index is -0.979. The SMILES string of the molecule is C=CCOc1ccc(-c2cnc(-c3ccc(/C=C/CCCC(C)O)c(F)c3F)nc2)cc1. The summed E-state index contributed by atoms with van der Waals surface area (Å²) in [5, 5.41) is 9.26. The first-order valence-corrected chi connectivity index (χ1v) is 10.5. The van der Waals surface area contributed by atoms with Gasteiger partial charge in [0.05, 0.1) is 11.7 Å². The van der Waals surface area contributed by atoms with Crippen LogP contribution in [0.15, 0.2) is 67.5 Å². The van der Waals surface area contributed by atoms with Crippen LogP contribution in [0, 0.1) is 11.6 Å². The number of unbranched alkanes of at least 4 members (excludes halogenated alkanes) is 1. The van der Waals surface area contributed by atoms with Gasteiger partial charge in [-0.15, -0.1) is 0 Å². The highest BCUT2D eigenvalue weighted by Gasteiger charge is 2.15. The van der Waals surface area contributed by atoms with Crippen molar-refractivity contribution >= 4 is 6.08 Å². The van der Waals surface area contributed by atoms with Gasteiger partial charge in [-0.05, 0) is 49.9 Å². The van der Waals surface area contributed by atoms with Crippen molar-refractivity contribution < 1.29 is 18.6 Å². The molecule has 0 saturated carbocycles. The maximum Gasteiger partial charge on any atom is 0.170 e. The zero-order chi connectivity index (χ0) is 22.9. The van der Waals surface area contributed by atoms with E-state index in [2.05, 4.69) is 16.5 Å². The molecule has 4 nitrogen and oxygen atoms in total. The summed E-state index contributed by atoms with van der Waals surface area (Å²) in [5.74, 6) is -1.07. The Bertz CT molecular complexity index is 1060. The lowest BCUT2D eigenvalue weighted by atomic mass is 10.1. The largest absolute Gasteiger partial charge is 0.490 e. The molecule has 3 aromatic rings. The van der Waals surface area contributed by atoms with Crippen molar-refractivity contribution in [3.05, 3.63) is 84.7 Å². The molecule has 1 N–H and O–H groups in total. The number of nitrogens with zero attached hydrogens (tertiary/aromatic N) is 2. The Balaban J connectivity index is 1.72. The van der Waals surface area contributed by atoms with Crippen LogP contribution in [0.3, 0.4) is 0 Å². The van der Waals surface area contributed by atoms with Crippen LogP contribution in [0.4, 0.5) is 8.78 Å². The van der Waals surface area contributed by atoms with E-state index in [1.165, 1.54) is 12.1 Å². The zero-order valence-corrected chi connectivity index (χ0v) is 18.0. The molecule has 166 valence electrons. The minimum absolute atomic E-state index is 0.00785. The van der Waals surface area contributed by atoms with Gasteiger partial charge in [0, 0.05) is 23.5 Å². The van der Waals surface area contributed by atoms with Crippen molar-refractivity contribution in [3.63, 3.8) is 0 Å². The molecule has 2 aromatic carbocycles. The number of ether oxygens (including phenoxy) is 1. The Morgan fingerprint density at radius 1 is 1.03 bits per heavy atom. The average molecular weight is 437 g/mol. The van der Waals surface area contributed by atoms with E-state index in [0.717, 1.165) is 23.3 Å². The van der Waals surface area contributed by atoms with Crippen LogP contribution in [-0.2, 0) is 0 Å².